The zero-order valence-corrected chi connectivity index (χ0v) is 10.9. The summed E-state index contributed by atoms with van der Waals surface area (Å²) in [5.41, 5.74) is 0. The van der Waals surface area contributed by atoms with Crippen molar-refractivity contribution < 1.29 is 13.9 Å². The first kappa shape index (κ1) is 11.9. The summed E-state index contributed by atoms with van der Waals surface area (Å²) in [7, 11) is 0. The molecule has 0 bridgehead atoms. The van der Waals surface area contributed by atoms with Crippen LogP contribution in [0.5, 0.6) is 0 Å². The summed E-state index contributed by atoms with van der Waals surface area (Å²) in [5.74, 6) is -0.374. The lowest BCUT2D eigenvalue weighted by Crippen LogP contribution is -2.04. The minimum Gasteiger partial charge on any atom is -0.459 e. The van der Waals surface area contributed by atoms with Crippen molar-refractivity contribution in [3.05, 3.63) is 36.2 Å². The van der Waals surface area contributed by atoms with Crippen molar-refractivity contribution in [2.24, 2.45) is 0 Å². The standard InChI is InChI=1S/C13H10N2O3S/c1-2-17-13(16)12-15-14-11(18-12)10-7-8-5-3-4-6-9(8)19-10/h3-7H,2H2,1H3. The number of hydrogen-bond acceptors (Lipinski definition) is 6. The van der Waals surface area contributed by atoms with Crippen molar-refractivity contribution in [3.63, 3.8) is 0 Å². The molecule has 0 aliphatic carbocycles. The van der Waals surface area contributed by atoms with Gasteiger partial charge in [-0.2, -0.15) is 0 Å². The number of hydrogen-bond donors (Lipinski definition) is 0. The maximum absolute atomic E-state index is 11.4. The molecule has 0 radical (unpaired) electrons. The molecule has 0 fully saturated rings. The van der Waals surface area contributed by atoms with Gasteiger partial charge in [-0.1, -0.05) is 18.2 Å². The van der Waals surface area contributed by atoms with Crippen molar-refractivity contribution in [3.8, 4) is 10.8 Å². The van der Waals surface area contributed by atoms with Gasteiger partial charge in [0.15, 0.2) is 0 Å². The van der Waals surface area contributed by atoms with Gasteiger partial charge in [-0.25, -0.2) is 4.79 Å². The molecule has 0 N–H and O–H groups in total. The van der Waals surface area contributed by atoms with Gasteiger partial charge in [-0.3, -0.25) is 0 Å². The number of aromatic nitrogens is 2. The molecule has 0 unspecified atom stereocenters. The van der Waals surface area contributed by atoms with Crippen LogP contribution in [0.15, 0.2) is 34.7 Å². The molecule has 2 heterocycles. The van der Waals surface area contributed by atoms with Gasteiger partial charge in [0, 0.05) is 4.70 Å². The molecule has 3 rings (SSSR count). The topological polar surface area (TPSA) is 65.2 Å². The van der Waals surface area contributed by atoms with Crippen molar-refractivity contribution in [1.29, 1.82) is 0 Å². The summed E-state index contributed by atoms with van der Waals surface area (Å²) in [6, 6.07) is 9.93. The predicted molar refractivity (Wildman–Crippen MR) is 71.1 cm³/mol. The fraction of sp³-hybridized carbons (Fsp3) is 0.154. The van der Waals surface area contributed by atoms with Crippen LogP contribution < -0.4 is 0 Å². The van der Waals surface area contributed by atoms with Crippen molar-refractivity contribution >= 4 is 27.4 Å². The Morgan fingerprint density at radius 1 is 1.37 bits per heavy atom. The van der Waals surface area contributed by atoms with E-state index in [1.165, 1.54) is 0 Å². The molecule has 96 valence electrons. The van der Waals surface area contributed by atoms with Crippen LogP contribution in [0.25, 0.3) is 20.9 Å². The minimum absolute atomic E-state index is 0.116. The molecular formula is C13H10N2O3S. The molecule has 0 atom stereocenters. The van der Waals surface area contributed by atoms with Gasteiger partial charge in [-0.05, 0) is 24.4 Å². The van der Waals surface area contributed by atoms with Crippen LogP contribution in [0.1, 0.15) is 17.6 Å². The first-order chi connectivity index (χ1) is 9.28. The number of carbonyl (C=O) groups is 1. The lowest BCUT2D eigenvalue weighted by atomic mass is 10.2. The molecule has 1 aromatic carbocycles. The smallest absolute Gasteiger partial charge is 0.396 e. The van der Waals surface area contributed by atoms with E-state index in [2.05, 4.69) is 10.2 Å². The highest BCUT2D eigenvalue weighted by atomic mass is 32.1. The zero-order chi connectivity index (χ0) is 13.2. The van der Waals surface area contributed by atoms with Crippen molar-refractivity contribution in [2.75, 3.05) is 6.61 Å². The summed E-state index contributed by atoms with van der Waals surface area (Å²) in [4.78, 5) is 12.3. The number of esters is 1. The Kier molecular flexibility index (Phi) is 3.00. The number of benzene rings is 1. The van der Waals surface area contributed by atoms with Crippen molar-refractivity contribution in [1.82, 2.24) is 10.2 Å². The largest absolute Gasteiger partial charge is 0.459 e. The third-order valence-corrected chi connectivity index (χ3v) is 3.62. The van der Waals surface area contributed by atoms with Crippen LogP contribution >= 0.6 is 11.3 Å². The first-order valence-electron chi connectivity index (χ1n) is 5.77. The van der Waals surface area contributed by atoms with Crippen LogP contribution in [0.2, 0.25) is 0 Å². The number of ether oxygens (including phenoxy) is 1. The molecule has 2 aromatic heterocycles. The fourth-order valence-corrected chi connectivity index (χ4v) is 2.67. The van der Waals surface area contributed by atoms with E-state index in [1.807, 2.05) is 30.3 Å². The van der Waals surface area contributed by atoms with E-state index in [9.17, 15) is 4.79 Å². The average Bonchev–Trinajstić information content (AvgIpc) is 3.05. The highest BCUT2D eigenvalue weighted by Gasteiger charge is 2.17. The van der Waals surface area contributed by atoms with Crippen LogP contribution in [0, 0.1) is 0 Å². The quantitative estimate of drug-likeness (QED) is 0.686. The zero-order valence-electron chi connectivity index (χ0n) is 10.1. The van der Waals surface area contributed by atoms with E-state index >= 15 is 0 Å². The molecule has 19 heavy (non-hydrogen) atoms. The second-order valence-electron chi connectivity index (χ2n) is 3.78. The lowest BCUT2D eigenvalue weighted by Gasteiger charge is -1.93. The molecule has 0 amide bonds. The number of nitrogens with zero attached hydrogens (tertiary/aromatic N) is 2. The predicted octanol–water partition coefficient (Wildman–Crippen LogP) is 3.13. The Bertz CT molecular complexity index is 699. The fourth-order valence-electron chi connectivity index (χ4n) is 1.69. The molecule has 0 aliphatic rings. The van der Waals surface area contributed by atoms with Crippen LogP contribution in [0.4, 0.5) is 0 Å². The SMILES string of the molecule is CCOC(=O)c1nnc(-c2cc3ccccc3s2)o1. The average molecular weight is 274 g/mol. The Labute approximate surface area is 112 Å². The Morgan fingerprint density at radius 2 is 2.21 bits per heavy atom. The number of carbonyl (C=O) groups excluding carboxylic acids is 1. The van der Waals surface area contributed by atoms with Gasteiger partial charge >= 0.3 is 11.9 Å². The van der Waals surface area contributed by atoms with Crippen LogP contribution in [-0.2, 0) is 4.74 Å². The molecule has 0 saturated heterocycles. The van der Waals surface area contributed by atoms with Crippen LogP contribution in [-0.4, -0.2) is 22.8 Å². The maximum atomic E-state index is 11.4. The molecule has 0 saturated carbocycles. The van der Waals surface area contributed by atoms with E-state index in [0.29, 0.717) is 5.89 Å². The molecule has 3 aromatic rings. The maximum Gasteiger partial charge on any atom is 0.396 e. The van der Waals surface area contributed by atoms with Gasteiger partial charge in [-0.15, -0.1) is 21.5 Å². The third-order valence-electron chi connectivity index (χ3n) is 2.51. The molecule has 5 nitrogen and oxygen atoms in total. The van der Waals surface area contributed by atoms with Crippen molar-refractivity contribution in [2.45, 2.75) is 6.92 Å². The van der Waals surface area contributed by atoms with Gasteiger partial charge in [0.2, 0.25) is 0 Å². The normalized spacial score (nSPS) is 10.8. The summed E-state index contributed by atoms with van der Waals surface area (Å²) in [5, 5.41) is 8.68. The van der Waals surface area contributed by atoms with E-state index in [4.69, 9.17) is 9.15 Å². The second kappa shape index (κ2) is 4.81. The molecule has 6 heteroatoms. The summed E-state index contributed by atoms with van der Waals surface area (Å²) in [6.07, 6.45) is 0. The monoisotopic (exact) mass is 274 g/mol. The Balaban J connectivity index is 1.96. The van der Waals surface area contributed by atoms with E-state index < -0.39 is 5.97 Å². The molecule has 0 aliphatic heterocycles. The van der Waals surface area contributed by atoms with Gasteiger partial charge in [0.25, 0.3) is 5.89 Å². The van der Waals surface area contributed by atoms with Gasteiger partial charge < -0.3 is 9.15 Å². The summed E-state index contributed by atoms with van der Waals surface area (Å²) < 4.78 is 11.3. The Morgan fingerprint density at radius 3 is 3.00 bits per heavy atom. The second-order valence-corrected chi connectivity index (χ2v) is 4.87. The number of thiophene rings is 1. The van der Waals surface area contributed by atoms with Gasteiger partial charge in [0.05, 0.1) is 11.5 Å². The number of rotatable bonds is 3. The summed E-state index contributed by atoms with van der Waals surface area (Å²) >= 11 is 1.54. The third kappa shape index (κ3) is 2.22. The highest BCUT2D eigenvalue weighted by Crippen LogP contribution is 2.32. The minimum atomic E-state index is -0.595. The number of fused-ring (bicyclic) bond motifs is 1. The van der Waals surface area contributed by atoms with Crippen LogP contribution in [0.3, 0.4) is 0 Å². The van der Waals surface area contributed by atoms with E-state index in [-0.39, 0.29) is 12.5 Å². The Hall–Kier alpha value is -2.21. The summed E-state index contributed by atoms with van der Waals surface area (Å²) in [6.45, 7) is 2.00. The van der Waals surface area contributed by atoms with E-state index in [0.717, 1.165) is 15.0 Å². The van der Waals surface area contributed by atoms with Gasteiger partial charge in [0.1, 0.15) is 0 Å². The van der Waals surface area contributed by atoms with E-state index in [1.54, 1.807) is 18.3 Å². The molecule has 0 spiro atoms. The molecular weight excluding hydrogens is 264 g/mol. The lowest BCUT2D eigenvalue weighted by molar-refractivity contribution is 0.0481. The highest BCUT2D eigenvalue weighted by molar-refractivity contribution is 7.22. The first-order valence-corrected chi connectivity index (χ1v) is 6.59.